The number of aliphatic hydroxyl groups is 1. The lowest BCUT2D eigenvalue weighted by Crippen LogP contribution is -2.24. The highest BCUT2D eigenvalue weighted by Gasteiger charge is 2.19. The van der Waals surface area contributed by atoms with Crippen LogP contribution in [0.15, 0.2) is 16.9 Å². The van der Waals surface area contributed by atoms with Gasteiger partial charge in [-0.1, -0.05) is 0 Å². The molecular formula is C10H13NO2. The topological polar surface area (TPSA) is 42.2 Å². The summed E-state index contributed by atoms with van der Waals surface area (Å²) in [6.07, 6.45) is 2.30. The number of rotatable bonds is 0. The lowest BCUT2D eigenvalue weighted by atomic mass is 9.93. The van der Waals surface area contributed by atoms with Gasteiger partial charge in [0.1, 0.15) is 0 Å². The van der Waals surface area contributed by atoms with Crippen LogP contribution in [0.4, 0.5) is 0 Å². The third-order valence-electron chi connectivity index (χ3n) is 2.72. The summed E-state index contributed by atoms with van der Waals surface area (Å²) in [5.74, 6) is 0. The molecule has 3 nitrogen and oxygen atoms in total. The van der Waals surface area contributed by atoms with E-state index >= 15 is 0 Å². The number of hydrogen-bond donors (Lipinski definition) is 1. The number of aliphatic hydroxyl groups excluding tert-OH is 1. The van der Waals surface area contributed by atoms with E-state index in [1.807, 2.05) is 0 Å². The van der Waals surface area contributed by atoms with Crippen molar-refractivity contribution in [3.8, 4) is 0 Å². The summed E-state index contributed by atoms with van der Waals surface area (Å²) in [4.78, 5) is 11.3. The van der Waals surface area contributed by atoms with E-state index < -0.39 is 0 Å². The average molecular weight is 179 g/mol. The van der Waals surface area contributed by atoms with Crippen molar-refractivity contribution in [2.24, 2.45) is 7.05 Å². The van der Waals surface area contributed by atoms with Crippen LogP contribution in [-0.2, 0) is 13.5 Å². The minimum atomic E-state index is -0.379. The molecule has 1 atom stereocenters. The minimum Gasteiger partial charge on any atom is -0.388 e. The average Bonchev–Trinajstić information content (AvgIpc) is 2.12. The van der Waals surface area contributed by atoms with Crippen molar-refractivity contribution in [1.29, 1.82) is 0 Å². The zero-order chi connectivity index (χ0) is 9.42. The molecule has 0 aliphatic heterocycles. The number of pyridine rings is 1. The Morgan fingerprint density at radius 1 is 1.54 bits per heavy atom. The maximum absolute atomic E-state index is 11.3. The molecule has 0 radical (unpaired) electrons. The van der Waals surface area contributed by atoms with E-state index in [2.05, 4.69) is 0 Å². The molecule has 0 unspecified atom stereocenters. The van der Waals surface area contributed by atoms with Crippen LogP contribution in [0.5, 0.6) is 0 Å². The van der Waals surface area contributed by atoms with Gasteiger partial charge in [0.25, 0.3) is 0 Å². The molecular weight excluding hydrogens is 166 g/mol. The van der Waals surface area contributed by atoms with Crippen LogP contribution < -0.4 is 5.56 Å². The van der Waals surface area contributed by atoms with E-state index in [9.17, 15) is 9.90 Å². The lowest BCUT2D eigenvalue weighted by Gasteiger charge is -2.22. The van der Waals surface area contributed by atoms with Crippen LogP contribution in [0.1, 0.15) is 30.2 Å². The van der Waals surface area contributed by atoms with E-state index in [-0.39, 0.29) is 11.7 Å². The van der Waals surface area contributed by atoms with Crippen molar-refractivity contribution in [1.82, 2.24) is 4.57 Å². The summed E-state index contributed by atoms with van der Waals surface area (Å²) in [5.41, 5.74) is 1.92. The van der Waals surface area contributed by atoms with E-state index in [4.69, 9.17) is 0 Å². The molecule has 1 aliphatic carbocycles. The Kier molecular flexibility index (Phi) is 1.96. The third-order valence-corrected chi connectivity index (χ3v) is 2.72. The van der Waals surface area contributed by atoms with Gasteiger partial charge in [-0.05, 0) is 25.3 Å². The summed E-state index contributed by atoms with van der Waals surface area (Å²) in [6, 6.07) is 3.27. The Labute approximate surface area is 76.6 Å². The van der Waals surface area contributed by atoms with Crippen molar-refractivity contribution in [2.45, 2.75) is 25.4 Å². The molecule has 0 fully saturated rings. The zero-order valence-corrected chi connectivity index (χ0v) is 7.66. The van der Waals surface area contributed by atoms with E-state index in [0.717, 1.165) is 30.5 Å². The Hall–Kier alpha value is -1.09. The molecule has 0 bridgehead atoms. The van der Waals surface area contributed by atoms with Gasteiger partial charge in [-0.2, -0.15) is 0 Å². The van der Waals surface area contributed by atoms with Gasteiger partial charge in [0, 0.05) is 24.4 Å². The lowest BCUT2D eigenvalue weighted by molar-refractivity contribution is 0.154. The smallest absolute Gasteiger partial charge is 0.250 e. The van der Waals surface area contributed by atoms with Gasteiger partial charge in [-0.15, -0.1) is 0 Å². The first-order valence-electron chi connectivity index (χ1n) is 4.57. The summed E-state index contributed by atoms with van der Waals surface area (Å²) >= 11 is 0. The fourth-order valence-electron chi connectivity index (χ4n) is 1.93. The first-order chi connectivity index (χ1) is 6.20. The molecule has 1 N–H and O–H groups in total. The number of aromatic nitrogens is 1. The number of hydrogen-bond acceptors (Lipinski definition) is 2. The highest BCUT2D eigenvalue weighted by molar-refractivity contribution is 5.25. The summed E-state index contributed by atoms with van der Waals surface area (Å²) in [5, 5.41) is 9.66. The van der Waals surface area contributed by atoms with Crippen molar-refractivity contribution >= 4 is 0 Å². The molecule has 1 aromatic heterocycles. The largest absolute Gasteiger partial charge is 0.388 e. The highest BCUT2D eigenvalue weighted by Crippen LogP contribution is 2.27. The van der Waals surface area contributed by atoms with Gasteiger partial charge < -0.3 is 9.67 Å². The fraction of sp³-hybridized carbons (Fsp3) is 0.500. The SMILES string of the molecule is Cn1c2c(ccc1=O)[C@@H](O)CCC2. The fourth-order valence-corrected chi connectivity index (χ4v) is 1.93. The summed E-state index contributed by atoms with van der Waals surface area (Å²) in [7, 11) is 1.76. The van der Waals surface area contributed by atoms with Gasteiger partial charge in [0.15, 0.2) is 0 Å². The van der Waals surface area contributed by atoms with Gasteiger partial charge in [0.2, 0.25) is 5.56 Å². The molecule has 70 valence electrons. The first-order valence-corrected chi connectivity index (χ1v) is 4.57. The van der Waals surface area contributed by atoms with E-state index in [1.54, 1.807) is 17.7 Å². The maximum Gasteiger partial charge on any atom is 0.250 e. The Morgan fingerprint density at radius 3 is 3.08 bits per heavy atom. The second kappa shape index (κ2) is 3.00. The Morgan fingerprint density at radius 2 is 2.31 bits per heavy atom. The van der Waals surface area contributed by atoms with Crippen LogP contribution in [0.2, 0.25) is 0 Å². The Bertz CT molecular complexity index is 381. The summed E-state index contributed by atoms with van der Waals surface area (Å²) in [6.45, 7) is 0. The van der Waals surface area contributed by atoms with Crippen molar-refractivity contribution in [3.63, 3.8) is 0 Å². The van der Waals surface area contributed by atoms with Crippen LogP contribution in [0.25, 0.3) is 0 Å². The second-order valence-corrected chi connectivity index (χ2v) is 3.54. The molecule has 0 aromatic carbocycles. The predicted octanol–water partition coefficient (Wildman–Crippen LogP) is 0.755. The molecule has 2 rings (SSSR count). The van der Waals surface area contributed by atoms with Crippen LogP contribution in [0.3, 0.4) is 0 Å². The zero-order valence-electron chi connectivity index (χ0n) is 7.66. The molecule has 1 aliphatic rings. The van der Waals surface area contributed by atoms with Crippen LogP contribution >= 0.6 is 0 Å². The standard InChI is InChI=1S/C10H13NO2/c1-11-8-3-2-4-9(12)7(8)5-6-10(11)13/h5-6,9,12H,2-4H2,1H3/t9-/m0/s1. The van der Waals surface area contributed by atoms with Crippen LogP contribution in [-0.4, -0.2) is 9.67 Å². The second-order valence-electron chi connectivity index (χ2n) is 3.54. The molecule has 0 saturated heterocycles. The molecule has 1 aromatic rings. The van der Waals surface area contributed by atoms with Crippen molar-refractivity contribution < 1.29 is 5.11 Å². The highest BCUT2D eigenvalue weighted by atomic mass is 16.3. The van der Waals surface area contributed by atoms with Gasteiger partial charge in [-0.25, -0.2) is 0 Å². The van der Waals surface area contributed by atoms with E-state index in [1.165, 1.54) is 6.07 Å². The molecule has 13 heavy (non-hydrogen) atoms. The maximum atomic E-state index is 11.3. The summed E-state index contributed by atoms with van der Waals surface area (Å²) < 4.78 is 1.64. The monoisotopic (exact) mass is 179 g/mol. The molecule has 3 heteroatoms. The number of fused-ring (bicyclic) bond motifs is 1. The van der Waals surface area contributed by atoms with Crippen LogP contribution in [0, 0.1) is 0 Å². The van der Waals surface area contributed by atoms with Gasteiger partial charge >= 0.3 is 0 Å². The molecule has 1 heterocycles. The van der Waals surface area contributed by atoms with Crippen molar-refractivity contribution in [3.05, 3.63) is 33.7 Å². The quantitative estimate of drug-likeness (QED) is 0.638. The predicted molar refractivity (Wildman–Crippen MR) is 49.6 cm³/mol. The van der Waals surface area contributed by atoms with Gasteiger partial charge in [-0.3, -0.25) is 4.79 Å². The minimum absolute atomic E-state index is 0.00727. The third kappa shape index (κ3) is 1.29. The van der Waals surface area contributed by atoms with Crippen molar-refractivity contribution in [2.75, 3.05) is 0 Å². The van der Waals surface area contributed by atoms with Gasteiger partial charge in [0.05, 0.1) is 6.10 Å². The molecule has 0 saturated carbocycles. The number of nitrogens with zero attached hydrogens (tertiary/aromatic N) is 1. The Balaban J connectivity index is 2.63. The normalized spacial score (nSPS) is 21.2. The first kappa shape index (κ1) is 8.51. The van der Waals surface area contributed by atoms with E-state index in [0.29, 0.717) is 0 Å². The molecule has 0 amide bonds. The molecule has 0 spiro atoms.